The van der Waals surface area contributed by atoms with E-state index in [4.69, 9.17) is 18.9 Å². The van der Waals surface area contributed by atoms with Crippen LogP contribution in [0.4, 0.5) is 0 Å². The molecule has 1 amide bonds. The van der Waals surface area contributed by atoms with E-state index in [-0.39, 0.29) is 19.4 Å². The molecule has 1 aliphatic rings. The van der Waals surface area contributed by atoms with E-state index >= 15 is 0 Å². The summed E-state index contributed by atoms with van der Waals surface area (Å²) >= 11 is 0. The Labute approximate surface area is 172 Å². The molecule has 168 valence electrons. The largest absolute Gasteiger partial charge is 0.467 e. The lowest BCUT2D eigenvalue weighted by Gasteiger charge is -2.39. The summed E-state index contributed by atoms with van der Waals surface area (Å²) in [7, 11) is 2.11. The van der Waals surface area contributed by atoms with Crippen LogP contribution in [0.5, 0.6) is 0 Å². The van der Waals surface area contributed by atoms with Crippen LogP contribution < -0.4 is 0 Å². The average Bonchev–Trinajstić information content (AvgIpc) is 2.67. The molecule has 0 spiro atoms. The maximum Gasteiger partial charge on any atom is 0.351 e. The standard InChI is InChI=1S/C18H25NO11/c1-9(20)28-12-6-7-19(13(8-12)17(24)26-4)16(23)14(29-10(2)21)15(18(25)27-5)30-11(3)22/h12-15H,6-8H2,1-5H3/t12-,13+,14-,15-/m1/s1. The number of carbonyl (C=O) groups is 6. The van der Waals surface area contributed by atoms with Crippen molar-refractivity contribution in [3.8, 4) is 0 Å². The van der Waals surface area contributed by atoms with Gasteiger partial charge in [-0.1, -0.05) is 0 Å². The molecule has 1 saturated heterocycles. The molecule has 0 aromatic carbocycles. The van der Waals surface area contributed by atoms with Crippen LogP contribution in [-0.2, 0) is 52.5 Å². The monoisotopic (exact) mass is 431 g/mol. The number of carbonyl (C=O) groups excluding carboxylic acids is 6. The number of ether oxygens (including phenoxy) is 5. The molecule has 12 heteroatoms. The number of hydrogen-bond acceptors (Lipinski definition) is 11. The van der Waals surface area contributed by atoms with E-state index in [1.54, 1.807) is 0 Å². The Bertz CT molecular complexity index is 704. The molecule has 12 nitrogen and oxygen atoms in total. The molecule has 1 aliphatic heterocycles. The number of nitrogens with zero attached hydrogens (tertiary/aromatic N) is 1. The van der Waals surface area contributed by atoms with Gasteiger partial charge in [0.15, 0.2) is 0 Å². The van der Waals surface area contributed by atoms with Crippen LogP contribution in [-0.4, -0.2) is 85.8 Å². The zero-order valence-corrected chi connectivity index (χ0v) is 17.4. The Balaban J connectivity index is 3.25. The van der Waals surface area contributed by atoms with Gasteiger partial charge in [-0.05, 0) is 0 Å². The SMILES string of the molecule is COC(=O)[C@H](OC(C)=O)[C@@H](OC(C)=O)C(=O)N1CC[C@@H](OC(C)=O)C[C@H]1C(=O)OC. The highest BCUT2D eigenvalue weighted by molar-refractivity contribution is 5.94. The van der Waals surface area contributed by atoms with Gasteiger partial charge in [0.25, 0.3) is 5.91 Å². The van der Waals surface area contributed by atoms with E-state index in [9.17, 15) is 28.8 Å². The number of methoxy groups -OCH3 is 2. The first kappa shape index (κ1) is 24.9. The molecule has 1 heterocycles. The van der Waals surface area contributed by atoms with Gasteiger partial charge < -0.3 is 28.6 Å². The molecule has 1 fully saturated rings. The molecule has 0 saturated carbocycles. The van der Waals surface area contributed by atoms with Crippen LogP contribution in [0, 0.1) is 0 Å². The number of hydrogen-bond donors (Lipinski definition) is 0. The van der Waals surface area contributed by atoms with Gasteiger partial charge in [-0.25, -0.2) is 9.59 Å². The Hall–Kier alpha value is -3.18. The fourth-order valence-corrected chi connectivity index (χ4v) is 3.01. The van der Waals surface area contributed by atoms with Gasteiger partial charge in [-0.2, -0.15) is 0 Å². The van der Waals surface area contributed by atoms with Crippen molar-refractivity contribution in [3.05, 3.63) is 0 Å². The zero-order chi connectivity index (χ0) is 23.0. The molecule has 0 aliphatic carbocycles. The Morgan fingerprint density at radius 2 is 1.40 bits per heavy atom. The van der Waals surface area contributed by atoms with Gasteiger partial charge in [-0.15, -0.1) is 0 Å². The first-order valence-corrected chi connectivity index (χ1v) is 8.99. The van der Waals surface area contributed by atoms with Gasteiger partial charge in [0.1, 0.15) is 12.1 Å². The third-order valence-electron chi connectivity index (χ3n) is 4.18. The molecule has 30 heavy (non-hydrogen) atoms. The Kier molecular flexibility index (Phi) is 9.21. The van der Waals surface area contributed by atoms with Crippen LogP contribution in [0.1, 0.15) is 33.6 Å². The lowest BCUT2D eigenvalue weighted by atomic mass is 9.97. The second kappa shape index (κ2) is 11.1. The highest BCUT2D eigenvalue weighted by Gasteiger charge is 2.47. The Morgan fingerprint density at radius 1 is 0.833 bits per heavy atom. The van der Waals surface area contributed by atoms with Crippen molar-refractivity contribution in [1.29, 1.82) is 0 Å². The minimum atomic E-state index is -1.89. The van der Waals surface area contributed by atoms with Crippen molar-refractivity contribution < 1.29 is 52.5 Å². The molecule has 0 aromatic heterocycles. The van der Waals surface area contributed by atoms with Gasteiger partial charge in [0, 0.05) is 40.2 Å². The molecule has 0 N–H and O–H groups in total. The number of likely N-dealkylation sites (tertiary alicyclic amines) is 1. The normalized spacial score (nSPS) is 20.2. The molecule has 4 atom stereocenters. The van der Waals surface area contributed by atoms with Crippen molar-refractivity contribution in [2.45, 2.75) is 58.0 Å². The van der Waals surface area contributed by atoms with Crippen molar-refractivity contribution in [1.82, 2.24) is 4.90 Å². The van der Waals surface area contributed by atoms with Crippen LogP contribution in [0.25, 0.3) is 0 Å². The lowest BCUT2D eigenvalue weighted by molar-refractivity contribution is -0.188. The quantitative estimate of drug-likeness (QED) is 0.365. The van der Waals surface area contributed by atoms with Crippen LogP contribution in [0.2, 0.25) is 0 Å². The Morgan fingerprint density at radius 3 is 1.87 bits per heavy atom. The maximum absolute atomic E-state index is 13.2. The average molecular weight is 431 g/mol. The summed E-state index contributed by atoms with van der Waals surface area (Å²) in [6.45, 7) is 3.12. The van der Waals surface area contributed by atoms with Crippen molar-refractivity contribution in [2.75, 3.05) is 20.8 Å². The van der Waals surface area contributed by atoms with E-state index in [2.05, 4.69) is 4.74 Å². The minimum Gasteiger partial charge on any atom is -0.467 e. The summed E-state index contributed by atoms with van der Waals surface area (Å²) in [4.78, 5) is 72.7. The van der Waals surface area contributed by atoms with Gasteiger partial charge in [-0.3, -0.25) is 19.2 Å². The molecule has 0 unspecified atom stereocenters. The summed E-state index contributed by atoms with van der Waals surface area (Å²) in [5, 5.41) is 0. The number of esters is 5. The first-order chi connectivity index (χ1) is 14.0. The van der Waals surface area contributed by atoms with Crippen molar-refractivity contribution >= 4 is 35.8 Å². The third-order valence-corrected chi connectivity index (χ3v) is 4.18. The van der Waals surface area contributed by atoms with E-state index in [0.29, 0.717) is 0 Å². The zero-order valence-electron chi connectivity index (χ0n) is 17.4. The summed E-state index contributed by atoms with van der Waals surface area (Å²) in [5.74, 6) is -5.31. The molecule has 0 bridgehead atoms. The molecule has 0 aromatic rings. The van der Waals surface area contributed by atoms with Crippen LogP contribution in [0.3, 0.4) is 0 Å². The third kappa shape index (κ3) is 6.71. The van der Waals surface area contributed by atoms with Crippen LogP contribution in [0.15, 0.2) is 0 Å². The van der Waals surface area contributed by atoms with Gasteiger partial charge in [0.2, 0.25) is 12.2 Å². The number of piperidine rings is 1. The van der Waals surface area contributed by atoms with Crippen molar-refractivity contribution in [3.63, 3.8) is 0 Å². The van der Waals surface area contributed by atoms with E-state index in [0.717, 1.165) is 33.0 Å². The second-order valence-electron chi connectivity index (χ2n) is 6.41. The number of amides is 1. The maximum atomic E-state index is 13.2. The second-order valence-corrected chi connectivity index (χ2v) is 6.41. The van der Waals surface area contributed by atoms with E-state index in [1.807, 2.05) is 0 Å². The fraction of sp³-hybridized carbons (Fsp3) is 0.667. The molecular weight excluding hydrogens is 406 g/mol. The van der Waals surface area contributed by atoms with Gasteiger partial charge >= 0.3 is 29.8 Å². The molecule has 1 rings (SSSR count). The fourth-order valence-electron chi connectivity index (χ4n) is 3.01. The first-order valence-electron chi connectivity index (χ1n) is 8.99. The highest BCUT2D eigenvalue weighted by atomic mass is 16.6. The predicted molar refractivity (Wildman–Crippen MR) is 95.4 cm³/mol. The topological polar surface area (TPSA) is 152 Å². The lowest BCUT2D eigenvalue weighted by Crippen LogP contribution is -2.59. The summed E-state index contributed by atoms with van der Waals surface area (Å²) in [5.41, 5.74) is 0. The molecule has 0 radical (unpaired) electrons. The summed E-state index contributed by atoms with van der Waals surface area (Å²) in [6.07, 6.45) is -4.30. The highest BCUT2D eigenvalue weighted by Crippen LogP contribution is 2.24. The number of rotatable bonds is 7. The predicted octanol–water partition coefficient (Wildman–Crippen LogP) is -0.881. The summed E-state index contributed by atoms with van der Waals surface area (Å²) in [6, 6.07) is -1.19. The van der Waals surface area contributed by atoms with E-state index in [1.165, 1.54) is 6.92 Å². The molecular formula is C18H25NO11. The van der Waals surface area contributed by atoms with Gasteiger partial charge in [0.05, 0.1) is 14.2 Å². The summed E-state index contributed by atoms with van der Waals surface area (Å²) < 4.78 is 24.2. The van der Waals surface area contributed by atoms with Crippen LogP contribution >= 0.6 is 0 Å². The van der Waals surface area contributed by atoms with E-state index < -0.39 is 60.1 Å². The van der Waals surface area contributed by atoms with Crippen molar-refractivity contribution in [2.24, 2.45) is 0 Å². The smallest absolute Gasteiger partial charge is 0.351 e. The minimum absolute atomic E-state index is 0.0682.